The van der Waals surface area contributed by atoms with Crippen LogP contribution in [-0.4, -0.2) is 26.3 Å². The third-order valence-electron chi connectivity index (χ3n) is 3.55. The van der Waals surface area contributed by atoms with E-state index >= 15 is 0 Å². The van der Waals surface area contributed by atoms with E-state index in [1.807, 2.05) is 6.92 Å². The Bertz CT molecular complexity index is 409. The molecule has 2 unspecified atom stereocenters. The van der Waals surface area contributed by atoms with Gasteiger partial charge in [0.25, 0.3) is 0 Å². The van der Waals surface area contributed by atoms with E-state index in [-0.39, 0.29) is 6.04 Å². The molecule has 3 nitrogen and oxygen atoms in total. The monoisotopic (exact) mass is 312 g/mol. The maximum Gasteiger partial charge on any atom is 0.0746 e. The fraction of sp³-hybridized carbons (Fsp3) is 0.571. The Labute approximate surface area is 117 Å². The summed E-state index contributed by atoms with van der Waals surface area (Å²) in [6.07, 6.45) is 2.70. The number of halogens is 1. The summed E-state index contributed by atoms with van der Waals surface area (Å²) in [6, 6.07) is 6.49. The number of nitrogens with two attached hydrogens (primary N) is 1. The Balaban J connectivity index is 2.16. The maximum atomic E-state index is 5.92. The molecule has 0 saturated carbocycles. The highest BCUT2D eigenvalue weighted by Gasteiger charge is 2.20. The number of rotatable bonds is 3. The fourth-order valence-electron chi connectivity index (χ4n) is 2.45. The molecule has 1 aliphatic heterocycles. The summed E-state index contributed by atoms with van der Waals surface area (Å²) in [6.45, 7) is 4.08. The number of methoxy groups -OCH3 is 1. The highest BCUT2D eigenvalue weighted by molar-refractivity contribution is 9.10. The number of ether oxygens (including phenoxy) is 1. The van der Waals surface area contributed by atoms with Gasteiger partial charge in [-0.25, -0.2) is 0 Å². The summed E-state index contributed by atoms with van der Waals surface area (Å²) in [5, 5.41) is 0. The second-order valence-electron chi connectivity index (χ2n) is 4.94. The largest absolute Gasteiger partial charge is 0.380 e. The Hall–Kier alpha value is -0.580. The van der Waals surface area contributed by atoms with Crippen LogP contribution in [-0.2, 0) is 4.74 Å². The summed E-state index contributed by atoms with van der Waals surface area (Å²) < 4.78 is 6.55. The summed E-state index contributed by atoms with van der Waals surface area (Å²) in [4.78, 5) is 2.38. The van der Waals surface area contributed by atoms with Gasteiger partial charge in [-0.05, 0) is 37.5 Å². The van der Waals surface area contributed by atoms with Crippen molar-refractivity contribution in [2.75, 3.05) is 25.1 Å². The molecule has 2 atom stereocenters. The van der Waals surface area contributed by atoms with E-state index < -0.39 is 0 Å². The lowest BCUT2D eigenvalue weighted by Gasteiger charge is -2.34. The minimum atomic E-state index is 0.0569. The van der Waals surface area contributed by atoms with Crippen molar-refractivity contribution in [3.8, 4) is 0 Å². The molecule has 0 aromatic heterocycles. The molecule has 1 aromatic rings. The normalized spacial score (nSPS) is 22.0. The first kappa shape index (κ1) is 13.8. The molecule has 2 N–H and O–H groups in total. The van der Waals surface area contributed by atoms with Crippen LogP contribution in [0, 0.1) is 0 Å². The molecule has 4 heteroatoms. The van der Waals surface area contributed by atoms with Gasteiger partial charge < -0.3 is 15.4 Å². The molecule has 1 aliphatic rings. The van der Waals surface area contributed by atoms with Crippen LogP contribution in [0.1, 0.15) is 31.4 Å². The van der Waals surface area contributed by atoms with Crippen molar-refractivity contribution in [1.29, 1.82) is 0 Å². The minimum absolute atomic E-state index is 0.0569. The molecule has 1 heterocycles. The van der Waals surface area contributed by atoms with Gasteiger partial charge in [0.2, 0.25) is 0 Å². The molecule has 1 saturated heterocycles. The van der Waals surface area contributed by atoms with Gasteiger partial charge in [0.15, 0.2) is 0 Å². The molecule has 2 rings (SSSR count). The average Bonchev–Trinajstić information content (AvgIpc) is 2.38. The summed E-state index contributed by atoms with van der Waals surface area (Å²) in [5.41, 5.74) is 8.32. The van der Waals surface area contributed by atoms with Crippen molar-refractivity contribution in [3.63, 3.8) is 0 Å². The van der Waals surface area contributed by atoms with Crippen molar-refractivity contribution >= 4 is 21.6 Å². The first-order valence-corrected chi connectivity index (χ1v) is 7.24. The van der Waals surface area contributed by atoms with Gasteiger partial charge in [0.05, 0.1) is 6.10 Å². The van der Waals surface area contributed by atoms with Crippen molar-refractivity contribution in [2.24, 2.45) is 5.73 Å². The molecular formula is C14H21BrN2O. The maximum absolute atomic E-state index is 5.92. The molecule has 0 aliphatic carbocycles. The first-order valence-electron chi connectivity index (χ1n) is 6.44. The smallest absolute Gasteiger partial charge is 0.0746 e. The van der Waals surface area contributed by atoms with Crippen LogP contribution in [0.5, 0.6) is 0 Å². The van der Waals surface area contributed by atoms with E-state index in [0.717, 1.165) is 29.5 Å². The zero-order valence-electron chi connectivity index (χ0n) is 11.0. The third kappa shape index (κ3) is 3.05. The van der Waals surface area contributed by atoms with Crippen LogP contribution in [0.4, 0.5) is 5.69 Å². The third-order valence-corrected chi connectivity index (χ3v) is 4.24. The lowest BCUT2D eigenvalue weighted by atomic mass is 10.1. The predicted molar refractivity (Wildman–Crippen MR) is 79.0 cm³/mol. The minimum Gasteiger partial charge on any atom is -0.380 e. The first-order chi connectivity index (χ1) is 8.61. The van der Waals surface area contributed by atoms with Crippen molar-refractivity contribution in [1.82, 2.24) is 0 Å². The summed E-state index contributed by atoms with van der Waals surface area (Å²) in [7, 11) is 1.79. The van der Waals surface area contributed by atoms with Crippen LogP contribution < -0.4 is 10.6 Å². The lowest BCUT2D eigenvalue weighted by molar-refractivity contribution is 0.0893. The second kappa shape index (κ2) is 6.04. The Morgan fingerprint density at radius 1 is 1.50 bits per heavy atom. The highest BCUT2D eigenvalue weighted by atomic mass is 79.9. The average molecular weight is 313 g/mol. The highest BCUT2D eigenvalue weighted by Crippen LogP contribution is 2.29. The van der Waals surface area contributed by atoms with E-state index in [4.69, 9.17) is 10.5 Å². The van der Waals surface area contributed by atoms with E-state index in [9.17, 15) is 0 Å². The predicted octanol–water partition coefficient (Wildman–Crippen LogP) is 3.08. The molecule has 0 spiro atoms. The molecule has 18 heavy (non-hydrogen) atoms. The molecule has 0 bridgehead atoms. The SMILES string of the molecule is COC1CCCN(c2ccc(C(C)N)c(Br)c2)C1. The molecule has 0 amide bonds. The van der Waals surface area contributed by atoms with Gasteiger partial charge in [-0.15, -0.1) is 0 Å². The van der Waals surface area contributed by atoms with E-state index in [1.54, 1.807) is 7.11 Å². The van der Waals surface area contributed by atoms with E-state index in [0.29, 0.717) is 6.10 Å². The van der Waals surface area contributed by atoms with Gasteiger partial charge in [-0.2, -0.15) is 0 Å². The number of hydrogen-bond acceptors (Lipinski definition) is 3. The van der Waals surface area contributed by atoms with Crippen LogP contribution in [0.3, 0.4) is 0 Å². The Kier molecular flexibility index (Phi) is 4.65. The Morgan fingerprint density at radius 2 is 2.28 bits per heavy atom. The van der Waals surface area contributed by atoms with Crippen LogP contribution in [0.2, 0.25) is 0 Å². The molecule has 100 valence electrons. The standard InChI is InChI=1S/C14H21BrN2O/c1-10(16)13-6-5-11(8-14(13)15)17-7-3-4-12(9-17)18-2/h5-6,8,10,12H,3-4,7,9,16H2,1-2H3. The zero-order valence-corrected chi connectivity index (χ0v) is 12.6. The van der Waals surface area contributed by atoms with Crippen LogP contribution >= 0.6 is 15.9 Å². The molecule has 0 radical (unpaired) electrons. The van der Waals surface area contributed by atoms with Gasteiger partial charge in [-0.3, -0.25) is 0 Å². The molecular weight excluding hydrogens is 292 g/mol. The molecule has 1 aromatic carbocycles. The topological polar surface area (TPSA) is 38.5 Å². The van der Waals surface area contributed by atoms with Crippen molar-refractivity contribution in [3.05, 3.63) is 28.2 Å². The van der Waals surface area contributed by atoms with Crippen molar-refractivity contribution < 1.29 is 4.74 Å². The van der Waals surface area contributed by atoms with E-state index in [1.165, 1.54) is 12.1 Å². The van der Waals surface area contributed by atoms with Gasteiger partial charge in [0, 0.05) is 36.4 Å². The quantitative estimate of drug-likeness (QED) is 0.932. The number of hydrogen-bond donors (Lipinski definition) is 1. The number of anilines is 1. The van der Waals surface area contributed by atoms with Crippen LogP contribution in [0.25, 0.3) is 0 Å². The summed E-state index contributed by atoms with van der Waals surface area (Å²) >= 11 is 3.61. The van der Waals surface area contributed by atoms with Gasteiger partial charge in [0.1, 0.15) is 0 Å². The fourth-order valence-corrected chi connectivity index (χ4v) is 3.17. The van der Waals surface area contributed by atoms with E-state index in [2.05, 4.69) is 39.0 Å². The second-order valence-corrected chi connectivity index (χ2v) is 5.79. The number of piperidine rings is 1. The number of nitrogens with zero attached hydrogens (tertiary/aromatic N) is 1. The lowest BCUT2D eigenvalue weighted by Crippen LogP contribution is -2.39. The zero-order chi connectivity index (χ0) is 13.1. The molecule has 1 fully saturated rings. The van der Waals surface area contributed by atoms with Crippen LogP contribution in [0.15, 0.2) is 22.7 Å². The van der Waals surface area contributed by atoms with Gasteiger partial charge >= 0.3 is 0 Å². The van der Waals surface area contributed by atoms with Gasteiger partial charge in [-0.1, -0.05) is 22.0 Å². The summed E-state index contributed by atoms with van der Waals surface area (Å²) in [5.74, 6) is 0. The van der Waals surface area contributed by atoms with Crippen molar-refractivity contribution in [2.45, 2.75) is 31.9 Å². The Morgan fingerprint density at radius 3 is 2.89 bits per heavy atom. The number of benzene rings is 1.